The van der Waals surface area contributed by atoms with Crippen LogP contribution in [-0.2, 0) is 0 Å². The zero-order valence-electron chi connectivity index (χ0n) is 12.7. The van der Waals surface area contributed by atoms with E-state index in [1.807, 2.05) is 13.1 Å². The topological polar surface area (TPSA) is 44.0 Å². The van der Waals surface area contributed by atoms with Crippen molar-refractivity contribution in [3.05, 3.63) is 17.7 Å². The van der Waals surface area contributed by atoms with Gasteiger partial charge in [0.05, 0.1) is 6.04 Å². The van der Waals surface area contributed by atoms with Gasteiger partial charge in [0.2, 0.25) is 0 Å². The zero-order valence-corrected chi connectivity index (χ0v) is 12.7. The fraction of sp³-hybridized carbons (Fsp3) is 0.800. The highest BCUT2D eigenvalue weighted by molar-refractivity contribution is 5.02. The van der Waals surface area contributed by atoms with E-state index in [1.54, 1.807) is 0 Å². The lowest BCUT2D eigenvalue weighted by Crippen LogP contribution is -2.44. The molecule has 1 aliphatic rings. The highest BCUT2D eigenvalue weighted by atomic mass is 15.1. The van der Waals surface area contributed by atoms with Gasteiger partial charge in [-0.2, -0.15) is 0 Å². The number of rotatable bonds is 5. The Kier molecular flexibility index (Phi) is 4.99. The SMILES string of the molecule is Cc1cnc([C@@H](C)NC2CCN(CC(C)C)CC2)[nH]1. The molecule has 1 aromatic heterocycles. The molecule has 0 bridgehead atoms. The minimum Gasteiger partial charge on any atom is -0.345 e. The first kappa shape index (κ1) is 14.5. The number of likely N-dealkylation sites (tertiary alicyclic amines) is 1. The second-order valence-electron chi connectivity index (χ2n) is 6.31. The molecule has 0 spiro atoms. The van der Waals surface area contributed by atoms with Gasteiger partial charge in [-0.1, -0.05) is 13.8 Å². The molecule has 1 saturated heterocycles. The van der Waals surface area contributed by atoms with Crippen LogP contribution in [0.1, 0.15) is 51.2 Å². The van der Waals surface area contributed by atoms with Crippen LogP contribution in [0.3, 0.4) is 0 Å². The summed E-state index contributed by atoms with van der Waals surface area (Å²) in [6, 6.07) is 0.944. The van der Waals surface area contributed by atoms with Crippen LogP contribution in [0.2, 0.25) is 0 Å². The summed E-state index contributed by atoms with van der Waals surface area (Å²) in [7, 11) is 0. The first-order chi connectivity index (χ1) is 9.04. The number of nitrogens with zero attached hydrogens (tertiary/aromatic N) is 2. The van der Waals surface area contributed by atoms with Crippen LogP contribution >= 0.6 is 0 Å². The van der Waals surface area contributed by atoms with Crippen molar-refractivity contribution in [3.8, 4) is 0 Å². The van der Waals surface area contributed by atoms with Crippen molar-refractivity contribution in [3.63, 3.8) is 0 Å². The Balaban J connectivity index is 1.76. The molecule has 2 rings (SSSR count). The molecule has 0 unspecified atom stereocenters. The van der Waals surface area contributed by atoms with Crippen molar-refractivity contribution in [2.45, 2.75) is 52.6 Å². The van der Waals surface area contributed by atoms with Crippen LogP contribution in [0.15, 0.2) is 6.20 Å². The van der Waals surface area contributed by atoms with Crippen molar-refractivity contribution in [1.82, 2.24) is 20.2 Å². The van der Waals surface area contributed by atoms with Crippen molar-refractivity contribution < 1.29 is 0 Å². The summed E-state index contributed by atoms with van der Waals surface area (Å²) < 4.78 is 0. The maximum absolute atomic E-state index is 4.41. The van der Waals surface area contributed by atoms with Gasteiger partial charge in [-0.3, -0.25) is 0 Å². The molecule has 4 heteroatoms. The Morgan fingerprint density at radius 3 is 2.58 bits per heavy atom. The van der Waals surface area contributed by atoms with Gasteiger partial charge in [0.25, 0.3) is 0 Å². The Morgan fingerprint density at radius 1 is 1.37 bits per heavy atom. The molecule has 0 aliphatic carbocycles. The van der Waals surface area contributed by atoms with Gasteiger partial charge < -0.3 is 15.2 Å². The lowest BCUT2D eigenvalue weighted by Gasteiger charge is -2.34. The second kappa shape index (κ2) is 6.53. The van der Waals surface area contributed by atoms with Gasteiger partial charge in [0.15, 0.2) is 0 Å². The minimum atomic E-state index is 0.315. The van der Waals surface area contributed by atoms with Gasteiger partial charge >= 0.3 is 0 Å². The number of hydrogen-bond donors (Lipinski definition) is 2. The maximum Gasteiger partial charge on any atom is 0.123 e. The van der Waals surface area contributed by atoms with E-state index >= 15 is 0 Å². The molecule has 1 aliphatic heterocycles. The highest BCUT2D eigenvalue weighted by Gasteiger charge is 2.21. The van der Waals surface area contributed by atoms with Crippen LogP contribution in [0, 0.1) is 12.8 Å². The smallest absolute Gasteiger partial charge is 0.123 e. The average Bonchev–Trinajstić information content (AvgIpc) is 2.78. The number of aromatic nitrogens is 2. The normalized spacial score (nSPS) is 20.1. The molecule has 4 nitrogen and oxygen atoms in total. The summed E-state index contributed by atoms with van der Waals surface area (Å²) in [5, 5.41) is 3.70. The van der Waals surface area contributed by atoms with Crippen molar-refractivity contribution >= 4 is 0 Å². The van der Waals surface area contributed by atoms with E-state index in [4.69, 9.17) is 0 Å². The van der Waals surface area contributed by atoms with E-state index in [2.05, 4.69) is 41.0 Å². The molecule has 1 atom stereocenters. The number of hydrogen-bond acceptors (Lipinski definition) is 3. The third kappa shape index (κ3) is 4.32. The fourth-order valence-electron chi connectivity index (χ4n) is 2.88. The van der Waals surface area contributed by atoms with Crippen molar-refractivity contribution in [2.75, 3.05) is 19.6 Å². The first-order valence-corrected chi connectivity index (χ1v) is 7.54. The van der Waals surface area contributed by atoms with E-state index in [1.165, 1.54) is 32.5 Å². The summed E-state index contributed by atoms with van der Waals surface area (Å²) in [5.74, 6) is 1.83. The molecule has 0 aromatic carbocycles. The van der Waals surface area contributed by atoms with E-state index in [0.717, 1.165) is 17.4 Å². The number of aryl methyl sites for hydroxylation is 1. The van der Waals surface area contributed by atoms with Gasteiger partial charge in [-0.05, 0) is 45.7 Å². The summed E-state index contributed by atoms with van der Waals surface area (Å²) in [5.41, 5.74) is 1.13. The van der Waals surface area contributed by atoms with Crippen LogP contribution in [0.25, 0.3) is 0 Å². The predicted octanol–water partition coefficient (Wildman–Crippen LogP) is 2.49. The lowest BCUT2D eigenvalue weighted by molar-refractivity contribution is 0.175. The summed E-state index contributed by atoms with van der Waals surface area (Å²) >= 11 is 0. The third-order valence-corrected chi connectivity index (χ3v) is 3.83. The highest BCUT2D eigenvalue weighted by Crippen LogP contribution is 2.16. The zero-order chi connectivity index (χ0) is 13.8. The number of imidazole rings is 1. The lowest BCUT2D eigenvalue weighted by atomic mass is 10.0. The molecular weight excluding hydrogens is 236 g/mol. The molecule has 0 radical (unpaired) electrons. The van der Waals surface area contributed by atoms with Crippen molar-refractivity contribution in [1.29, 1.82) is 0 Å². The van der Waals surface area contributed by atoms with Gasteiger partial charge in [-0.25, -0.2) is 4.98 Å². The number of H-pyrrole nitrogens is 1. The number of nitrogens with one attached hydrogen (secondary N) is 2. The fourth-order valence-corrected chi connectivity index (χ4v) is 2.88. The molecule has 108 valence electrons. The second-order valence-corrected chi connectivity index (χ2v) is 6.31. The maximum atomic E-state index is 4.41. The molecule has 2 heterocycles. The Morgan fingerprint density at radius 2 is 2.05 bits per heavy atom. The molecule has 1 fully saturated rings. The average molecular weight is 264 g/mol. The number of aromatic amines is 1. The van der Waals surface area contributed by atoms with Crippen LogP contribution < -0.4 is 5.32 Å². The van der Waals surface area contributed by atoms with Gasteiger partial charge in [-0.15, -0.1) is 0 Å². The first-order valence-electron chi connectivity index (χ1n) is 7.54. The molecule has 0 amide bonds. The van der Waals surface area contributed by atoms with Crippen LogP contribution in [0.4, 0.5) is 0 Å². The Bertz CT molecular complexity index is 377. The predicted molar refractivity (Wildman–Crippen MR) is 79.2 cm³/mol. The minimum absolute atomic E-state index is 0.315. The molecule has 1 aromatic rings. The summed E-state index contributed by atoms with van der Waals surface area (Å²) in [6.07, 6.45) is 4.40. The van der Waals surface area contributed by atoms with E-state index in [0.29, 0.717) is 12.1 Å². The molecule has 2 N–H and O–H groups in total. The Hall–Kier alpha value is -0.870. The number of piperidine rings is 1. The van der Waals surface area contributed by atoms with Gasteiger partial charge in [0.1, 0.15) is 5.82 Å². The summed E-state index contributed by atoms with van der Waals surface area (Å²) in [4.78, 5) is 10.3. The van der Waals surface area contributed by atoms with Crippen LogP contribution in [0.5, 0.6) is 0 Å². The molecule has 19 heavy (non-hydrogen) atoms. The summed E-state index contributed by atoms with van der Waals surface area (Å²) in [6.45, 7) is 12.5. The molecular formula is C15H28N4. The monoisotopic (exact) mass is 264 g/mol. The van der Waals surface area contributed by atoms with Crippen molar-refractivity contribution in [2.24, 2.45) is 5.92 Å². The third-order valence-electron chi connectivity index (χ3n) is 3.83. The van der Waals surface area contributed by atoms with E-state index < -0.39 is 0 Å². The standard InChI is InChI=1S/C15H28N4/c1-11(2)10-19-7-5-14(6-8-19)18-13(4)15-16-9-12(3)17-15/h9,11,13-14,18H,5-8,10H2,1-4H3,(H,16,17)/t13-/m1/s1. The van der Waals surface area contributed by atoms with Crippen LogP contribution in [-0.4, -0.2) is 40.5 Å². The largest absolute Gasteiger partial charge is 0.345 e. The van der Waals surface area contributed by atoms with E-state index in [9.17, 15) is 0 Å². The quantitative estimate of drug-likeness (QED) is 0.859. The Labute approximate surface area is 117 Å². The molecule has 0 saturated carbocycles. The van der Waals surface area contributed by atoms with Gasteiger partial charge in [0, 0.05) is 24.5 Å². The van der Waals surface area contributed by atoms with E-state index in [-0.39, 0.29) is 0 Å².